The van der Waals surface area contributed by atoms with Crippen LogP contribution in [0.25, 0.3) is 0 Å². The maximum absolute atomic E-state index is 11.6. The Kier molecular flexibility index (Phi) is 5.81. The first-order chi connectivity index (χ1) is 7.58. The van der Waals surface area contributed by atoms with Gasteiger partial charge in [0, 0.05) is 6.04 Å². The molecule has 2 atom stereocenters. The van der Waals surface area contributed by atoms with E-state index in [0.717, 1.165) is 18.8 Å². The first kappa shape index (κ1) is 13.5. The minimum absolute atomic E-state index is 0.0354. The molecule has 0 aromatic heterocycles. The Labute approximate surface area is 98.9 Å². The molecule has 1 fully saturated rings. The van der Waals surface area contributed by atoms with E-state index in [1.807, 2.05) is 13.8 Å². The van der Waals surface area contributed by atoms with Crippen LogP contribution >= 0.6 is 0 Å². The van der Waals surface area contributed by atoms with Gasteiger partial charge in [0.05, 0.1) is 6.10 Å². The van der Waals surface area contributed by atoms with Gasteiger partial charge in [0.1, 0.15) is 6.61 Å². The van der Waals surface area contributed by atoms with E-state index in [-0.39, 0.29) is 18.6 Å². The summed E-state index contributed by atoms with van der Waals surface area (Å²) in [6.07, 6.45) is 6.13. The van der Waals surface area contributed by atoms with Crippen LogP contribution in [-0.4, -0.2) is 24.7 Å². The van der Waals surface area contributed by atoms with Crippen molar-refractivity contribution in [3.05, 3.63) is 0 Å². The van der Waals surface area contributed by atoms with Gasteiger partial charge in [-0.1, -0.05) is 19.8 Å². The predicted octanol–water partition coefficient (Wildman–Crippen LogP) is 2.50. The van der Waals surface area contributed by atoms with Crippen molar-refractivity contribution in [2.24, 2.45) is 5.92 Å². The lowest BCUT2D eigenvalue weighted by Gasteiger charge is -2.17. The molecule has 1 saturated carbocycles. The van der Waals surface area contributed by atoms with Crippen LogP contribution in [0.1, 0.15) is 52.9 Å². The summed E-state index contributed by atoms with van der Waals surface area (Å²) in [5.74, 6) is 0.849. The lowest BCUT2D eigenvalue weighted by Crippen LogP contribution is -2.37. The molecule has 0 aromatic carbocycles. The molecule has 1 aliphatic carbocycles. The largest absolute Gasteiger partial charge is 0.369 e. The van der Waals surface area contributed by atoms with Crippen LogP contribution in [0.4, 0.5) is 0 Å². The Hall–Kier alpha value is -0.570. The molecule has 1 rings (SSSR count). The molecule has 16 heavy (non-hydrogen) atoms. The summed E-state index contributed by atoms with van der Waals surface area (Å²) in [5.41, 5.74) is 0. The third-order valence-electron chi connectivity index (χ3n) is 3.17. The normalized spacial score (nSPS) is 26.5. The predicted molar refractivity (Wildman–Crippen MR) is 65.3 cm³/mol. The number of carbonyl (C=O) groups excluding carboxylic acids is 1. The molecule has 0 aromatic rings. The zero-order valence-electron chi connectivity index (χ0n) is 10.8. The van der Waals surface area contributed by atoms with Gasteiger partial charge in [0.2, 0.25) is 5.91 Å². The molecule has 0 aliphatic heterocycles. The van der Waals surface area contributed by atoms with Crippen molar-refractivity contribution >= 4 is 5.91 Å². The summed E-state index contributed by atoms with van der Waals surface area (Å²) >= 11 is 0. The number of amides is 1. The van der Waals surface area contributed by atoms with Crippen molar-refractivity contribution < 1.29 is 9.53 Å². The van der Waals surface area contributed by atoms with Crippen molar-refractivity contribution in [2.75, 3.05) is 6.61 Å². The summed E-state index contributed by atoms with van der Waals surface area (Å²) in [5, 5.41) is 3.07. The standard InChI is InChI=1S/C13H25NO2/c1-10(2)16-9-13(15)14-12-6-4-5-11(3)7-8-12/h10-12H,4-9H2,1-3H3,(H,14,15). The minimum atomic E-state index is 0.0354. The number of hydrogen-bond acceptors (Lipinski definition) is 2. The van der Waals surface area contributed by atoms with Crippen LogP contribution in [0.3, 0.4) is 0 Å². The fraction of sp³-hybridized carbons (Fsp3) is 0.923. The second-order valence-electron chi connectivity index (χ2n) is 5.24. The Morgan fingerprint density at radius 3 is 2.75 bits per heavy atom. The zero-order chi connectivity index (χ0) is 12.0. The van der Waals surface area contributed by atoms with Crippen molar-refractivity contribution in [1.82, 2.24) is 5.32 Å². The number of hydrogen-bond donors (Lipinski definition) is 1. The SMILES string of the molecule is CC1CCCC(NC(=O)COC(C)C)CC1. The van der Waals surface area contributed by atoms with Gasteiger partial charge in [0.25, 0.3) is 0 Å². The highest BCUT2D eigenvalue weighted by Gasteiger charge is 2.17. The van der Waals surface area contributed by atoms with Crippen LogP contribution in [0, 0.1) is 5.92 Å². The van der Waals surface area contributed by atoms with Crippen LogP contribution in [0.15, 0.2) is 0 Å². The van der Waals surface area contributed by atoms with Gasteiger partial charge >= 0.3 is 0 Å². The van der Waals surface area contributed by atoms with Crippen molar-refractivity contribution in [1.29, 1.82) is 0 Å². The topological polar surface area (TPSA) is 38.3 Å². The molecular weight excluding hydrogens is 202 g/mol. The van der Waals surface area contributed by atoms with Gasteiger partial charge in [0.15, 0.2) is 0 Å². The molecule has 3 nitrogen and oxygen atoms in total. The first-order valence-electron chi connectivity index (χ1n) is 6.49. The monoisotopic (exact) mass is 227 g/mol. The van der Waals surface area contributed by atoms with E-state index in [4.69, 9.17) is 4.74 Å². The summed E-state index contributed by atoms with van der Waals surface area (Å²) < 4.78 is 5.29. The minimum Gasteiger partial charge on any atom is -0.369 e. The van der Waals surface area contributed by atoms with E-state index in [9.17, 15) is 4.79 Å². The molecule has 0 radical (unpaired) electrons. The fourth-order valence-corrected chi connectivity index (χ4v) is 2.14. The molecule has 3 heteroatoms. The highest BCUT2D eigenvalue weighted by atomic mass is 16.5. The average Bonchev–Trinajstić information content (AvgIpc) is 2.41. The molecule has 2 unspecified atom stereocenters. The van der Waals surface area contributed by atoms with Crippen LogP contribution in [0.5, 0.6) is 0 Å². The number of ether oxygens (including phenoxy) is 1. The van der Waals surface area contributed by atoms with Crippen molar-refractivity contribution in [3.63, 3.8) is 0 Å². The highest BCUT2D eigenvalue weighted by Crippen LogP contribution is 2.22. The third kappa shape index (κ3) is 5.50. The molecule has 0 bridgehead atoms. The summed E-state index contributed by atoms with van der Waals surface area (Å²) in [7, 11) is 0. The second-order valence-corrected chi connectivity index (χ2v) is 5.24. The Morgan fingerprint density at radius 1 is 1.31 bits per heavy atom. The maximum atomic E-state index is 11.6. The van der Waals surface area contributed by atoms with E-state index in [1.54, 1.807) is 0 Å². The highest BCUT2D eigenvalue weighted by molar-refractivity contribution is 5.77. The van der Waals surface area contributed by atoms with Crippen LogP contribution in [-0.2, 0) is 9.53 Å². The number of nitrogens with one attached hydrogen (secondary N) is 1. The third-order valence-corrected chi connectivity index (χ3v) is 3.17. The molecule has 0 heterocycles. The van der Waals surface area contributed by atoms with E-state index < -0.39 is 0 Å². The molecule has 1 amide bonds. The van der Waals surface area contributed by atoms with Gasteiger partial charge in [-0.05, 0) is 39.0 Å². The maximum Gasteiger partial charge on any atom is 0.246 e. The van der Waals surface area contributed by atoms with Gasteiger partial charge in [-0.2, -0.15) is 0 Å². The molecule has 1 aliphatic rings. The van der Waals surface area contributed by atoms with Gasteiger partial charge < -0.3 is 10.1 Å². The lowest BCUT2D eigenvalue weighted by molar-refractivity contribution is -0.127. The smallest absolute Gasteiger partial charge is 0.246 e. The van der Waals surface area contributed by atoms with Gasteiger partial charge in [-0.3, -0.25) is 4.79 Å². The zero-order valence-corrected chi connectivity index (χ0v) is 10.8. The Bertz CT molecular complexity index is 216. The number of rotatable bonds is 4. The second kappa shape index (κ2) is 6.89. The first-order valence-corrected chi connectivity index (χ1v) is 6.49. The summed E-state index contributed by atoms with van der Waals surface area (Å²) in [6.45, 7) is 6.39. The van der Waals surface area contributed by atoms with Crippen molar-refractivity contribution in [3.8, 4) is 0 Å². The van der Waals surface area contributed by atoms with E-state index >= 15 is 0 Å². The van der Waals surface area contributed by atoms with Crippen LogP contribution in [0.2, 0.25) is 0 Å². The quantitative estimate of drug-likeness (QED) is 0.749. The molecular formula is C13H25NO2. The van der Waals surface area contributed by atoms with E-state index in [1.165, 1.54) is 19.3 Å². The molecule has 0 saturated heterocycles. The van der Waals surface area contributed by atoms with Crippen LogP contribution < -0.4 is 5.32 Å². The molecule has 0 spiro atoms. The lowest BCUT2D eigenvalue weighted by atomic mass is 10.0. The molecule has 1 N–H and O–H groups in total. The Balaban J connectivity index is 2.22. The van der Waals surface area contributed by atoms with E-state index in [0.29, 0.717) is 6.04 Å². The number of carbonyl (C=O) groups is 1. The van der Waals surface area contributed by atoms with Gasteiger partial charge in [-0.25, -0.2) is 0 Å². The fourth-order valence-electron chi connectivity index (χ4n) is 2.14. The van der Waals surface area contributed by atoms with E-state index in [2.05, 4.69) is 12.2 Å². The summed E-state index contributed by atoms with van der Waals surface area (Å²) in [6, 6.07) is 0.369. The van der Waals surface area contributed by atoms with Crippen molar-refractivity contribution in [2.45, 2.75) is 65.0 Å². The summed E-state index contributed by atoms with van der Waals surface area (Å²) in [4.78, 5) is 11.6. The molecule has 94 valence electrons. The van der Waals surface area contributed by atoms with Gasteiger partial charge in [-0.15, -0.1) is 0 Å². The Morgan fingerprint density at radius 2 is 2.06 bits per heavy atom. The average molecular weight is 227 g/mol.